The third-order valence-corrected chi connectivity index (χ3v) is 12.0. The Morgan fingerprint density at radius 3 is 2.27 bits per heavy atom. The molecule has 366 valence electrons. The molecule has 0 aromatic heterocycles. The van der Waals surface area contributed by atoms with Crippen LogP contribution in [0.5, 0.6) is 0 Å². The van der Waals surface area contributed by atoms with Gasteiger partial charge in [0.15, 0.2) is 18.7 Å². The number of allylic oxidation sites excluding steroid dienone is 2. The van der Waals surface area contributed by atoms with E-state index >= 15 is 0 Å². The Bertz CT molecular complexity index is 1560. The van der Waals surface area contributed by atoms with Crippen molar-refractivity contribution in [2.45, 2.75) is 186 Å². The van der Waals surface area contributed by atoms with Gasteiger partial charge in [-0.15, -0.1) is 11.8 Å². The van der Waals surface area contributed by atoms with Crippen molar-refractivity contribution in [3.05, 3.63) is 24.3 Å². The molecule has 0 saturated carbocycles. The average Bonchev–Trinajstić information content (AvgIpc) is 3.18. The van der Waals surface area contributed by atoms with Gasteiger partial charge in [-0.25, -0.2) is 0 Å². The molecule has 0 aromatic carbocycles. The minimum Gasteiger partial charge on any atom is -0.462 e. The number of aliphatic hydroxyl groups excluding tert-OH is 1. The van der Waals surface area contributed by atoms with E-state index < -0.39 is 121 Å². The molecule has 18 heteroatoms. The molecule has 3 heterocycles. The highest BCUT2D eigenvalue weighted by molar-refractivity contribution is 7.98. The first-order chi connectivity index (χ1) is 30.1. The van der Waals surface area contributed by atoms with Gasteiger partial charge in [-0.2, -0.15) is 0 Å². The maximum atomic E-state index is 13.4. The van der Waals surface area contributed by atoms with Crippen molar-refractivity contribution in [2.75, 3.05) is 33.4 Å². The number of likely N-dealkylation sites (N-methyl/N-ethyl adjacent to an activating group) is 1. The van der Waals surface area contributed by atoms with Crippen LogP contribution in [0.2, 0.25) is 0 Å². The zero-order valence-corrected chi connectivity index (χ0v) is 40.8. The van der Waals surface area contributed by atoms with Crippen LogP contribution in [0.1, 0.15) is 101 Å². The lowest BCUT2D eigenvalue weighted by molar-refractivity contribution is -0.345. The first-order valence-corrected chi connectivity index (χ1v) is 23.7. The average molecular weight is 930 g/mol. The lowest BCUT2D eigenvalue weighted by Gasteiger charge is -2.51. The van der Waals surface area contributed by atoms with E-state index in [4.69, 9.17) is 47.4 Å². The van der Waals surface area contributed by atoms with Crippen LogP contribution in [0.15, 0.2) is 24.3 Å². The number of rotatable bonds is 16. The second-order valence-electron chi connectivity index (χ2n) is 18.1. The molecule has 0 amide bonds. The van der Waals surface area contributed by atoms with Gasteiger partial charge >= 0.3 is 23.9 Å². The molecular weight excluding hydrogens is 855 g/mol. The summed E-state index contributed by atoms with van der Waals surface area (Å²) in [6.45, 7) is 15.4. The number of aliphatic hydroxyl groups is 1. The fraction of sp³-hybridized carbons (Fsp3) is 0.804. The summed E-state index contributed by atoms with van der Waals surface area (Å²) in [6, 6.07) is -0.768. The Balaban J connectivity index is 2.05. The van der Waals surface area contributed by atoms with Gasteiger partial charge < -0.3 is 62.2 Å². The number of aldehydes is 1. The molecule has 0 spiro atoms. The molecule has 3 aliphatic rings. The Hall–Kier alpha value is -2.94. The molecule has 1 N–H and O–H groups in total. The fourth-order valence-corrected chi connectivity index (χ4v) is 9.12. The standard InChI is InChI=1S/C46H75NO16S/c1-26(2)21-36(51)61-44-30(6)57-38(24-46(44,9)55-25-64-13)62-41-29(5)58-45(40(53)39(41)47(10)11)63-42-33(19-20-48)22-27(3)34(59-31(7)49)18-16-14-15-17-28(4)56-37(52)23-35(43(42)54-12)60-32(8)50/h14-16,18,20,26-30,33-35,38-45,53H,17,19,21-25H2,1-13H3/b15-14+,18-16+/t27-,28-,29-,30+,33+,34+,35-,38+,39-,40-,41-,42+,43+,44+,45+,46-/m1/s1. The Kier molecular flexibility index (Phi) is 22.9. The van der Waals surface area contributed by atoms with Crippen LogP contribution >= 0.6 is 11.8 Å². The van der Waals surface area contributed by atoms with E-state index in [0.29, 0.717) is 12.4 Å². The van der Waals surface area contributed by atoms with E-state index in [2.05, 4.69) is 0 Å². The van der Waals surface area contributed by atoms with E-state index in [0.717, 1.165) is 6.29 Å². The molecule has 16 atom stereocenters. The topological polar surface area (TPSA) is 201 Å². The number of hydrogen-bond acceptors (Lipinski definition) is 18. The molecule has 0 radical (unpaired) electrons. The van der Waals surface area contributed by atoms with Gasteiger partial charge in [0.2, 0.25) is 0 Å². The fourth-order valence-electron chi connectivity index (χ4n) is 8.73. The summed E-state index contributed by atoms with van der Waals surface area (Å²) in [5, 5.41) is 12.3. The van der Waals surface area contributed by atoms with Gasteiger partial charge in [-0.1, -0.05) is 39.0 Å². The minimum atomic E-state index is -1.39. The first-order valence-electron chi connectivity index (χ1n) is 22.3. The zero-order valence-electron chi connectivity index (χ0n) is 40.0. The molecule has 0 unspecified atom stereocenters. The van der Waals surface area contributed by atoms with Crippen LogP contribution in [0, 0.1) is 17.8 Å². The van der Waals surface area contributed by atoms with Crippen molar-refractivity contribution in [3.8, 4) is 0 Å². The van der Waals surface area contributed by atoms with Crippen LogP contribution in [0.25, 0.3) is 0 Å². The molecule has 2 saturated heterocycles. The van der Waals surface area contributed by atoms with Crippen molar-refractivity contribution < 1.29 is 76.4 Å². The number of nitrogens with zero attached hydrogens (tertiary/aromatic N) is 1. The third-order valence-electron chi connectivity index (χ3n) is 11.7. The van der Waals surface area contributed by atoms with Gasteiger partial charge in [0.25, 0.3) is 0 Å². The smallest absolute Gasteiger partial charge is 0.309 e. The lowest BCUT2D eigenvalue weighted by Crippen LogP contribution is -2.66. The number of hydrogen-bond donors (Lipinski definition) is 1. The molecular formula is C46H75NO16S. The summed E-state index contributed by atoms with van der Waals surface area (Å²) in [5.41, 5.74) is -0.984. The number of carbonyl (C=O) groups is 5. The molecule has 3 rings (SSSR count). The monoisotopic (exact) mass is 929 g/mol. The van der Waals surface area contributed by atoms with Crippen molar-refractivity contribution in [2.24, 2.45) is 17.8 Å². The highest BCUT2D eigenvalue weighted by atomic mass is 32.2. The van der Waals surface area contributed by atoms with Gasteiger partial charge in [0.1, 0.15) is 48.5 Å². The van der Waals surface area contributed by atoms with Crippen molar-refractivity contribution in [1.29, 1.82) is 0 Å². The second kappa shape index (κ2) is 26.4. The molecule has 64 heavy (non-hydrogen) atoms. The summed E-state index contributed by atoms with van der Waals surface area (Å²) in [6.07, 6.45) is -1.19. The van der Waals surface area contributed by atoms with Gasteiger partial charge in [0.05, 0.1) is 36.7 Å². The lowest BCUT2D eigenvalue weighted by atomic mass is 9.82. The van der Waals surface area contributed by atoms with Gasteiger partial charge in [0, 0.05) is 46.6 Å². The highest BCUT2D eigenvalue weighted by Gasteiger charge is 2.54. The number of cyclic esters (lactones) is 1. The summed E-state index contributed by atoms with van der Waals surface area (Å²) in [7, 11) is 4.93. The normalized spacial score (nSPS) is 37.9. The predicted molar refractivity (Wildman–Crippen MR) is 237 cm³/mol. The highest BCUT2D eigenvalue weighted by Crippen LogP contribution is 2.39. The summed E-state index contributed by atoms with van der Waals surface area (Å²) < 4.78 is 61.8. The van der Waals surface area contributed by atoms with E-state index in [1.807, 2.05) is 40.0 Å². The number of carbonyl (C=O) groups excluding carboxylic acids is 5. The van der Waals surface area contributed by atoms with Gasteiger partial charge in [-0.3, -0.25) is 19.2 Å². The van der Waals surface area contributed by atoms with Crippen LogP contribution in [-0.4, -0.2) is 159 Å². The van der Waals surface area contributed by atoms with Crippen LogP contribution in [0.4, 0.5) is 0 Å². The van der Waals surface area contributed by atoms with Crippen LogP contribution in [-0.2, 0) is 71.3 Å². The Labute approximate surface area is 383 Å². The maximum Gasteiger partial charge on any atom is 0.309 e. The zero-order chi connectivity index (χ0) is 47.9. The molecule has 3 aliphatic heterocycles. The number of ether oxygens (including phenoxy) is 10. The molecule has 0 aromatic rings. The van der Waals surface area contributed by atoms with E-state index in [-0.39, 0.29) is 37.6 Å². The SMILES string of the molecule is CO[C@@H]1[C@@H](O[C@@H]2O[C@H](C)[C@@H](O[C@H]3C[C@@](C)(OCSC)[C@@H](OC(=O)CC(C)C)[C@H](C)O3)[C@H](N(C)C)[C@H]2O)[C@@H](CC=O)C[C@@H](C)[C@@H](OC(C)=O)/C=C/C=C/C[C@@H](C)OC(=O)C[C@H]1OC(C)=O. The summed E-state index contributed by atoms with van der Waals surface area (Å²) in [5.74, 6) is -2.89. The van der Waals surface area contributed by atoms with E-state index in [9.17, 15) is 29.1 Å². The van der Waals surface area contributed by atoms with Crippen molar-refractivity contribution in [1.82, 2.24) is 4.90 Å². The first kappa shape index (κ1) is 55.4. The molecule has 2 fully saturated rings. The maximum absolute atomic E-state index is 13.4. The van der Waals surface area contributed by atoms with Crippen molar-refractivity contribution in [3.63, 3.8) is 0 Å². The number of methoxy groups -OCH3 is 1. The predicted octanol–water partition coefficient (Wildman–Crippen LogP) is 4.93. The van der Waals surface area contributed by atoms with E-state index in [1.165, 1.54) is 32.7 Å². The van der Waals surface area contributed by atoms with Crippen molar-refractivity contribution >= 4 is 41.9 Å². The van der Waals surface area contributed by atoms with Crippen LogP contribution < -0.4 is 0 Å². The summed E-state index contributed by atoms with van der Waals surface area (Å²) in [4.78, 5) is 65.5. The number of esters is 4. The quantitative estimate of drug-likeness (QED) is 0.0945. The molecule has 0 aliphatic carbocycles. The largest absolute Gasteiger partial charge is 0.462 e. The Morgan fingerprint density at radius 1 is 0.984 bits per heavy atom. The minimum absolute atomic E-state index is 0.0941. The van der Waals surface area contributed by atoms with E-state index in [1.54, 1.807) is 58.0 Å². The molecule has 0 bridgehead atoms. The van der Waals surface area contributed by atoms with Crippen LogP contribution in [0.3, 0.4) is 0 Å². The number of thioether (sulfide) groups is 1. The summed E-state index contributed by atoms with van der Waals surface area (Å²) >= 11 is 1.48. The third kappa shape index (κ3) is 16.4. The molecule has 17 nitrogen and oxygen atoms in total. The second-order valence-corrected chi connectivity index (χ2v) is 18.9. The Morgan fingerprint density at radius 2 is 1.67 bits per heavy atom. The van der Waals surface area contributed by atoms with Gasteiger partial charge in [-0.05, 0) is 78.3 Å².